The number of piperidine rings is 1. The summed E-state index contributed by atoms with van der Waals surface area (Å²) in [6.07, 6.45) is 5.47. The van der Waals surface area contributed by atoms with Gasteiger partial charge in [-0.15, -0.1) is 10.2 Å². The van der Waals surface area contributed by atoms with E-state index in [-0.39, 0.29) is 0 Å². The van der Waals surface area contributed by atoms with Crippen molar-refractivity contribution in [2.75, 3.05) is 19.6 Å². The van der Waals surface area contributed by atoms with E-state index >= 15 is 0 Å². The number of hydrogen-bond acceptors (Lipinski definition) is 4. The van der Waals surface area contributed by atoms with Gasteiger partial charge >= 0.3 is 0 Å². The van der Waals surface area contributed by atoms with Gasteiger partial charge in [-0.3, -0.25) is 4.90 Å². The zero-order chi connectivity index (χ0) is 12.1. The fraction of sp³-hybridized carbons (Fsp3) is 0.833. The molecule has 1 aromatic heterocycles. The van der Waals surface area contributed by atoms with Gasteiger partial charge in [0.15, 0.2) is 0 Å². The van der Waals surface area contributed by atoms with E-state index in [9.17, 15) is 0 Å². The van der Waals surface area contributed by atoms with E-state index in [4.69, 9.17) is 0 Å². The van der Waals surface area contributed by atoms with Crippen molar-refractivity contribution in [1.82, 2.24) is 25.0 Å². The molecule has 2 rings (SSSR count). The van der Waals surface area contributed by atoms with E-state index in [1.54, 1.807) is 6.33 Å². The summed E-state index contributed by atoms with van der Waals surface area (Å²) in [5, 5.41) is 11.6. The van der Waals surface area contributed by atoms with Crippen LogP contribution in [0.15, 0.2) is 6.33 Å². The maximum atomic E-state index is 4.19. The quantitative estimate of drug-likeness (QED) is 0.822. The highest BCUT2D eigenvalue weighted by Crippen LogP contribution is 2.14. The third-order valence-corrected chi connectivity index (χ3v) is 3.49. The Bertz CT molecular complexity index is 329. The van der Waals surface area contributed by atoms with Gasteiger partial charge in [-0.25, -0.2) is 0 Å². The van der Waals surface area contributed by atoms with Gasteiger partial charge in [0.2, 0.25) is 0 Å². The van der Waals surface area contributed by atoms with Crippen LogP contribution in [-0.4, -0.2) is 45.3 Å². The number of nitrogens with one attached hydrogen (secondary N) is 1. The Hall–Kier alpha value is -0.940. The molecule has 0 radical (unpaired) electrons. The van der Waals surface area contributed by atoms with Crippen LogP contribution in [0.25, 0.3) is 0 Å². The minimum atomic E-state index is 0.702. The molecule has 0 bridgehead atoms. The highest BCUT2D eigenvalue weighted by Gasteiger charge is 2.21. The largest absolute Gasteiger partial charge is 0.320 e. The first-order chi connectivity index (χ1) is 8.31. The second-order valence-corrected chi connectivity index (χ2v) is 4.81. The summed E-state index contributed by atoms with van der Waals surface area (Å²) < 4.78 is 2.02. The minimum Gasteiger partial charge on any atom is -0.320 e. The summed E-state index contributed by atoms with van der Waals surface area (Å²) in [4.78, 5) is 2.56. The predicted molar refractivity (Wildman–Crippen MR) is 67.6 cm³/mol. The van der Waals surface area contributed by atoms with Crippen molar-refractivity contribution in [3.05, 3.63) is 12.2 Å². The molecule has 0 atom stereocenters. The van der Waals surface area contributed by atoms with Gasteiger partial charge in [0.1, 0.15) is 12.2 Å². The molecule has 5 heteroatoms. The van der Waals surface area contributed by atoms with Gasteiger partial charge in [0, 0.05) is 13.1 Å². The first-order valence-electron chi connectivity index (χ1n) is 6.59. The molecule has 1 fully saturated rings. The maximum absolute atomic E-state index is 4.19. The predicted octanol–water partition coefficient (Wildman–Crippen LogP) is 0.779. The Labute approximate surface area is 103 Å². The van der Waals surface area contributed by atoms with Crippen LogP contribution >= 0.6 is 0 Å². The van der Waals surface area contributed by atoms with Gasteiger partial charge in [0.05, 0.1) is 6.54 Å². The molecule has 1 aliphatic rings. The van der Waals surface area contributed by atoms with Gasteiger partial charge in [-0.05, 0) is 38.9 Å². The van der Waals surface area contributed by atoms with Gasteiger partial charge in [0.25, 0.3) is 0 Å². The minimum absolute atomic E-state index is 0.702. The van der Waals surface area contributed by atoms with Crippen LogP contribution in [0, 0.1) is 0 Å². The Morgan fingerprint density at radius 2 is 2.24 bits per heavy atom. The molecule has 1 aliphatic heterocycles. The lowest BCUT2D eigenvalue weighted by Crippen LogP contribution is -2.43. The second-order valence-electron chi connectivity index (χ2n) is 4.81. The molecule has 1 N–H and O–H groups in total. The molecule has 5 nitrogen and oxygen atoms in total. The first kappa shape index (κ1) is 12.5. The monoisotopic (exact) mass is 237 g/mol. The molecule has 0 aliphatic carbocycles. The zero-order valence-electron chi connectivity index (χ0n) is 10.9. The lowest BCUT2D eigenvalue weighted by Gasteiger charge is -2.34. The van der Waals surface area contributed by atoms with Crippen molar-refractivity contribution in [2.45, 2.75) is 38.8 Å². The number of aromatic nitrogens is 3. The van der Waals surface area contributed by atoms with E-state index in [1.807, 2.05) is 11.6 Å². The molecule has 0 saturated carbocycles. The molecule has 0 aromatic carbocycles. The van der Waals surface area contributed by atoms with E-state index in [0.29, 0.717) is 6.04 Å². The average molecular weight is 237 g/mol. The summed E-state index contributed by atoms with van der Waals surface area (Å²) >= 11 is 0. The van der Waals surface area contributed by atoms with Crippen molar-refractivity contribution in [1.29, 1.82) is 0 Å². The van der Waals surface area contributed by atoms with Crippen LogP contribution in [0.5, 0.6) is 0 Å². The smallest absolute Gasteiger partial charge is 0.146 e. The molecular formula is C12H23N5. The number of nitrogens with zero attached hydrogens (tertiary/aromatic N) is 4. The molecule has 1 saturated heterocycles. The first-order valence-corrected chi connectivity index (χ1v) is 6.59. The Kier molecular flexibility index (Phi) is 4.50. The number of hydrogen-bond donors (Lipinski definition) is 1. The van der Waals surface area contributed by atoms with Crippen molar-refractivity contribution < 1.29 is 0 Å². The second kappa shape index (κ2) is 6.12. The van der Waals surface area contributed by atoms with Crippen LogP contribution in [0.4, 0.5) is 0 Å². The highest BCUT2D eigenvalue weighted by molar-refractivity contribution is 4.87. The molecule has 0 spiro atoms. The Morgan fingerprint density at radius 3 is 2.82 bits per heavy atom. The van der Waals surface area contributed by atoms with Crippen LogP contribution in [0.1, 0.15) is 32.0 Å². The lowest BCUT2D eigenvalue weighted by atomic mass is 10.0. The third kappa shape index (κ3) is 3.26. The normalized spacial score (nSPS) is 17.8. The van der Waals surface area contributed by atoms with Crippen molar-refractivity contribution in [3.63, 3.8) is 0 Å². The third-order valence-electron chi connectivity index (χ3n) is 3.49. The van der Waals surface area contributed by atoms with Crippen LogP contribution in [0.2, 0.25) is 0 Å². The average Bonchev–Trinajstić information content (AvgIpc) is 2.76. The molecule has 96 valence electrons. The van der Waals surface area contributed by atoms with Gasteiger partial charge < -0.3 is 9.88 Å². The topological polar surface area (TPSA) is 46.0 Å². The van der Waals surface area contributed by atoms with Crippen molar-refractivity contribution in [2.24, 2.45) is 7.05 Å². The standard InChI is InChI=1S/C12H23N5/c1-3-8-17(11-4-6-13-7-5-11)9-12-15-14-10-16(12)2/h10-11,13H,3-9H2,1-2H3. The van der Waals surface area contributed by atoms with Gasteiger partial charge in [-0.2, -0.15) is 0 Å². The van der Waals surface area contributed by atoms with Crippen molar-refractivity contribution in [3.8, 4) is 0 Å². The molecule has 0 unspecified atom stereocenters. The summed E-state index contributed by atoms with van der Waals surface area (Å²) in [6, 6.07) is 0.702. The van der Waals surface area contributed by atoms with E-state index in [2.05, 4.69) is 27.3 Å². The molecular weight excluding hydrogens is 214 g/mol. The number of rotatable bonds is 5. The fourth-order valence-electron chi connectivity index (χ4n) is 2.48. The fourth-order valence-corrected chi connectivity index (χ4v) is 2.48. The summed E-state index contributed by atoms with van der Waals surface area (Å²) in [5.41, 5.74) is 0. The Balaban J connectivity index is 1.98. The molecule has 17 heavy (non-hydrogen) atoms. The molecule has 0 amide bonds. The van der Waals surface area contributed by atoms with E-state index in [1.165, 1.54) is 19.3 Å². The van der Waals surface area contributed by atoms with Gasteiger partial charge in [-0.1, -0.05) is 6.92 Å². The maximum Gasteiger partial charge on any atom is 0.146 e. The SMILES string of the molecule is CCCN(Cc1nncn1C)C1CCNCC1. The number of aryl methyl sites for hydroxylation is 1. The summed E-state index contributed by atoms with van der Waals surface area (Å²) in [6.45, 7) is 6.60. The molecule has 2 heterocycles. The summed E-state index contributed by atoms with van der Waals surface area (Å²) in [7, 11) is 2.02. The van der Waals surface area contributed by atoms with E-state index < -0.39 is 0 Å². The van der Waals surface area contributed by atoms with Crippen LogP contribution in [-0.2, 0) is 13.6 Å². The molecule has 1 aromatic rings. The van der Waals surface area contributed by atoms with Crippen LogP contribution in [0.3, 0.4) is 0 Å². The summed E-state index contributed by atoms with van der Waals surface area (Å²) in [5.74, 6) is 1.07. The van der Waals surface area contributed by atoms with Crippen molar-refractivity contribution >= 4 is 0 Å². The zero-order valence-corrected chi connectivity index (χ0v) is 10.9. The Morgan fingerprint density at radius 1 is 1.47 bits per heavy atom. The highest BCUT2D eigenvalue weighted by atomic mass is 15.3. The van der Waals surface area contributed by atoms with Crippen LogP contribution < -0.4 is 5.32 Å². The lowest BCUT2D eigenvalue weighted by molar-refractivity contribution is 0.149. The van der Waals surface area contributed by atoms with E-state index in [0.717, 1.165) is 32.0 Å².